The van der Waals surface area contributed by atoms with E-state index >= 15 is 0 Å². The normalized spacial score (nSPS) is 21.5. The van der Waals surface area contributed by atoms with E-state index in [9.17, 15) is 19.2 Å². The van der Waals surface area contributed by atoms with Gasteiger partial charge in [-0.3, -0.25) is 33.7 Å². The van der Waals surface area contributed by atoms with Crippen LogP contribution in [0.2, 0.25) is 0 Å². The lowest BCUT2D eigenvalue weighted by atomic mass is 9.95. The molecule has 3 N–H and O–H groups in total. The fraction of sp³-hybridized carbons (Fsp3) is 0.476. The van der Waals surface area contributed by atoms with Gasteiger partial charge in [-0.25, -0.2) is 14.3 Å². The van der Waals surface area contributed by atoms with E-state index < -0.39 is 11.9 Å². The SMILES string of the molecule is CNc1cc(N2CCc3c(N4CCC[C@@H](CN5CCN(c6ccc7c(c6)n(C)c(=O)n7C6CCC(=O)NC6=O)CC5)C4)cccc32)nn2c(C(=O)NC3CC3)cnc12. The molecule has 5 aromatic rings. The second-order valence-electron chi connectivity index (χ2n) is 16.6. The van der Waals surface area contributed by atoms with Crippen molar-refractivity contribution >= 4 is 63.0 Å². The van der Waals surface area contributed by atoms with E-state index in [1.807, 2.05) is 19.2 Å². The van der Waals surface area contributed by atoms with Crippen molar-refractivity contribution in [3.05, 3.63) is 70.4 Å². The standard InChI is InChI=1S/C42H50N12O4/c1-43-30-22-37(47-54-36(23-44-39(30)54)41(57)45-27-8-9-27)52-16-14-29-31(6-3-7-32(29)52)51-15-4-5-26(25-51)24-49-17-19-50(20-18-49)28-10-11-33-35(21-28)48(2)42(58)53(33)34-12-13-38(55)46-40(34)56/h3,6-7,10-11,21-23,26-27,34,43H,4-5,8-9,12-20,24-25H2,1-2H3,(H,45,57)(H,46,55,56)/t26-,34?/m0/s1. The number of hydrogen-bond donors (Lipinski definition) is 3. The maximum Gasteiger partial charge on any atom is 0.329 e. The van der Waals surface area contributed by atoms with Crippen molar-refractivity contribution in [1.82, 2.24) is 39.3 Å². The van der Waals surface area contributed by atoms with Crippen LogP contribution >= 0.6 is 0 Å². The van der Waals surface area contributed by atoms with Gasteiger partial charge in [0.05, 0.1) is 22.9 Å². The number of fused-ring (bicyclic) bond motifs is 3. The Kier molecular flexibility index (Phi) is 9.10. The first-order valence-corrected chi connectivity index (χ1v) is 20.8. The van der Waals surface area contributed by atoms with E-state index in [2.05, 4.69) is 70.9 Å². The molecule has 2 aromatic carbocycles. The summed E-state index contributed by atoms with van der Waals surface area (Å²) in [4.78, 5) is 65.2. The summed E-state index contributed by atoms with van der Waals surface area (Å²) < 4.78 is 4.83. The van der Waals surface area contributed by atoms with Crippen LogP contribution in [0.25, 0.3) is 16.7 Å². The zero-order valence-corrected chi connectivity index (χ0v) is 33.1. The molecule has 2 atom stereocenters. The van der Waals surface area contributed by atoms with Gasteiger partial charge in [-0.15, -0.1) is 5.10 Å². The van der Waals surface area contributed by atoms with Gasteiger partial charge in [-0.2, -0.15) is 0 Å². The predicted octanol–water partition coefficient (Wildman–Crippen LogP) is 3.03. The maximum absolute atomic E-state index is 13.3. The first-order valence-electron chi connectivity index (χ1n) is 20.8. The van der Waals surface area contributed by atoms with Crippen molar-refractivity contribution in [3.63, 3.8) is 0 Å². The van der Waals surface area contributed by atoms with Gasteiger partial charge in [0.15, 0.2) is 17.2 Å². The molecule has 4 fully saturated rings. The monoisotopic (exact) mass is 786 g/mol. The number of aryl methyl sites for hydroxylation is 1. The lowest BCUT2D eigenvalue weighted by Crippen LogP contribution is -2.49. The molecule has 58 heavy (non-hydrogen) atoms. The Labute approximate surface area is 335 Å². The van der Waals surface area contributed by atoms with Crippen LogP contribution in [-0.2, 0) is 23.1 Å². The smallest absolute Gasteiger partial charge is 0.329 e. The van der Waals surface area contributed by atoms with Crippen LogP contribution in [0.15, 0.2) is 53.5 Å². The lowest BCUT2D eigenvalue weighted by molar-refractivity contribution is -0.135. The molecular weight excluding hydrogens is 737 g/mol. The molecule has 0 radical (unpaired) electrons. The second-order valence-corrected chi connectivity index (χ2v) is 16.6. The average molecular weight is 787 g/mol. The van der Waals surface area contributed by atoms with E-state index in [-0.39, 0.29) is 30.0 Å². The number of piperazine rings is 1. The molecule has 3 saturated heterocycles. The molecule has 4 aliphatic heterocycles. The predicted molar refractivity (Wildman–Crippen MR) is 222 cm³/mol. The minimum atomic E-state index is -0.689. The molecule has 1 saturated carbocycles. The van der Waals surface area contributed by atoms with Crippen molar-refractivity contribution in [2.75, 3.05) is 79.4 Å². The number of anilines is 5. The van der Waals surface area contributed by atoms with Crippen molar-refractivity contribution in [3.8, 4) is 0 Å². The van der Waals surface area contributed by atoms with Crippen LogP contribution in [0.1, 0.15) is 60.6 Å². The fourth-order valence-electron chi connectivity index (χ4n) is 9.63. The van der Waals surface area contributed by atoms with Crippen LogP contribution in [-0.4, -0.2) is 112 Å². The number of amides is 3. The molecule has 16 heteroatoms. The fourth-order valence-corrected chi connectivity index (χ4v) is 9.63. The molecule has 3 aromatic heterocycles. The van der Waals surface area contributed by atoms with Gasteiger partial charge in [-0.05, 0) is 74.8 Å². The highest BCUT2D eigenvalue weighted by atomic mass is 16.2. The molecule has 0 spiro atoms. The Morgan fingerprint density at radius 3 is 2.52 bits per heavy atom. The highest BCUT2D eigenvalue weighted by molar-refractivity contribution is 6.00. The molecule has 5 aliphatic rings. The van der Waals surface area contributed by atoms with Gasteiger partial charge >= 0.3 is 5.69 Å². The average Bonchev–Trinajstić information content (AvgIpc) is 3.67. The lowest BCUT2D eigenvalue weighted by Gasteiger charge is -2.41. The van der Waals surface area contributed by atoms with Gasteiger partial charge in [0.25, 0.3) is 5.91 Å². The van der Waals surface area contributed by atoms with Crippen LogP contribution in [0, 0.1) is 5.92 Å². The summed E-state index contributed by atoms with van der Waals surface area (Å²) >= 11 is 0. The number of nitrogens with one attached hydrogen (secondary N) is 3. The number of rotatable bonds is 9. The number of piperidine rings is 2. The summed E-state index contributed by atoms with van der Waals surface area (Å²) in [5.74, 6) is 0.503. The van der Waals surface area contributed by atoms with Crippen molar-refractivity contribution in [2.45, 2.75) is 57.0 Å². The molecule has 1 unspecified atom stereocenters. The number of imidazole rings is 2. The second kappa shape index (κ2) is 14.5. The molecule has 1 aliphatic carbocycles. The number of hydrogen-bond acceptors (Lipinski definition) is 11. The van der Waals surface area contributed by atoms with Crippen molar-refractivity contribution < 1.29 is 14.4 Å². The molecule has 0 bridgehead atoms. The zero-order chi connectivity index (χ0) is 39.7. The van der Waals surface area contributed by atoms with Gasteiger partial charge < -0.3 is 25.3 Å². The number of nitrogens with zero attached hydrogens (tertiary/aromatic N) is 9. The first kappa shape index (κ1) is 36.4. The van der Waals surface area contributed by atoms with Crippen molar-refractivity contribution in [2.24, 2.45) is 13.0 Å². The third-order valence-electron chi connectivity index (χ3n) is 12.9. The number of carbonyl (C=O) groups is 3. The van der Waals surface area contributed by atoms with Crippen LogP contribution in [0.3, 0.4) is 0 Å². The van der Waals surface area contributed by atoms with Crippen LogP contribution in [0.5, 0.6) is 0 Å². The molecule has 7 heterocycles. The maximum atomic E-state index is 13.3. The van der Waals surface area contributed by atoms with Gasteiger partial charge in [-0.1, -0.05) is 6.07 Å². The van der Waals surface area contributed by atoms with E-state index in [1.165, 1.54) is 23.4 Å². The molecular formula is C42H50N12O4. The van der Waals surface area contributed by atoms with Gasteiger partial charge in [0.2, 0.25) is 11.8 Å². The third kappa shape index (κ3) is 6.43. The van der Waals surface area contributed by atoms with E-state index in [4.69, 9.17) is 5.10 Å². The van der Waals surface area contributed by atoms with Gasteiger partial charge in [0.1, 0.15) is 6.04 Å². The molecule has 16 nitrogen and oxygen atoms in total. The Hall–Kier alpha value is -5.90. The Morgan fingerprint density at radius 1 is 0.897 bits per heavy atom. The summed E-state index contributed by atoms with van der Waals surface area (Å²) in [5, 5.41) is 13.7. The third-order valence-corrected chi connectivity index (χ3v) is 12.9. The summed E-state index contributed by atoms with van der Waals surface area (Å²) in [5.41, 5.74) is 8.06. The Balaban J connectivity index is 0.804. The van der Waals surface area contributed by atoms with Crippen LogP contribution in [0.4, 0.5) is 28.6 Å². The topological polar surface area (TPSA) is 157 Å². The number of benzene rings is 2. The summed E-state index contributed by atoms with van der Waals surface area (Å²) in [6.07, 6.45) is 7.49. The van der Waals surface area contributed by atoms with Crippen LogP contribution < -0.4 is 36.3 Å². The van der Waals surface area contributed by atoms with E-state index in [0.29, 0.717) is 29.2 Å². The summed E-state index contributed by atoms with van der Waals surface area (Å²) in [6, 6.07) is 14.3. The number of imide groups is 1. The highest BCUT2D eigenvalue weighted by Crippen LogP contribution is 2.41. The summed E-state index contributed by atoms with van der Waals surface area (Å²) in [7, 11) is 3.62. The van der Waals surface area contributed by atoms with Crippen molar-refractivity contribution in [1.29, 1.82) is 0 Å². The number of aromatic nitrogens is 5. The first-order chi connectivity index (χ1) is 28.2. The molecule has 302 valence electrons. The van der Waals surface area contributed by atoms with E-state index in [1.54, 1.807) is 26.9 Å². The Morgan fingerprint density at radius 2 is 1.72 bits per heavy atom. The minimum Gasteiger partial charge on any atom is -0.385 e. The largest absolute Gasteiger partial charge is 0.385 e. The van der Waals surface area contributed by atoms with Gasteiger partial charge in [0, 0.05) is 108 Å². The Bertz CT molecular complexity index is 2510. The minimum absolute atomic E-state index is 0.139. The van der Waals surface area contributed by atoms with E-state index in [0.717, 1.165) is 101 Å². The molecule has 10 rings (SSSR count). The number of carbonyl (C=O) groups excluding carboxylic acids is 3. The quantitative estimate of drug-likeness (QED) is 0.189. The zero-order valence-electron chi connectivity index (χ0n) is 33.1. The highest BCUT2D eigenvalue weighted by Gasteiger charge is 2.33. The molecule has 3 amide bonds. The summed E-state index contributed by atoms with van der Waals surface area (Å²) in [6.45, 7) is 7.66.